The van der Waals surface area contributed by atoms with E-state index in [1.54, 1.807) is 0 Å². The van der Waals surface area contributed by atoms with Crippen molar-refractivity contribution >= 4 is 18.1 Å². The Kier molecular flexibility index (Phi) is 4.90. The van der Waals surface area contributed by atoms with E-state index in [1.807, 2.05) is 78.9 Å². The second-order valence-electron chi connectivity index (χ2n) is 4.44. The Morgan fingerprint density at radius 2 is 1.45 bits per heavy atom. The van der Waals surface area contributed by atoms with Gasteiger partial charge in [0.2, 0.25) is 5.91 Å². The molecule has 0 atom stereocenters. The Hall–Kier alpha value is -2.61. The summed E-state index contributed by atoms with van der Waals surface area (Å²) >= 11 is 0. The monoisotopic (exact) mass is 263 g/mol. The van der Waals surface area contributed by atoms with Crippen molar-refractivity contribution in [3.63, 3.8) is 0 Å². The van der Waals surface area contributed by atoms with Gasteiger partial charge in [0.05, 0.1) is 0 Å². The maximum Gasteiger partial charge on any atom is 0.221 e. The fourth-order valence-electron chi connectivity index (χ4n) is 1.81. The fourth-order valence-corrected chi connectivity index (χ4v) is 1.81. The van der Waals surface area contributed by atoms with E-state index in [1.165, 1.54) is 6.92 Å². The Morgan fingerprint density at radius 3 is 2.00 bits per heavy atom. The van der Waals surface area contributed by atoms with Crippen LogP contribution in [0.5, 0.6) is 0 Å². The molecule has 1 amide bonds. The van der Waals surface area contributed by atoms with E-state index in [0.29, 0.717) is 0 Å². The van der Waals surface area contributed by atoms with E-state index in [9.17, 15) is 4.79 Å². The van der Waals surface area contributed by atoms with E-state index in [-0.39, 0.29) is 5.91 Å². The Morgan fingerprint density at radius 1 is 0.900 bits per heavy atom. The highest BCUT2D eigenvalue weighted by Gasteiger charge is 1.96. The normalized spacial score (nSPS) is 11.6. The molecule has 0 fully saturated rings. The molecule has 0 unspecified atom stereocenters. The van der Waals surface area contributed by atoms with Crippen molar-refractivity contribution in [3.8, 4) is 0 Å². The molecule has 0 saturated carbocycles. The van der Waals surface area contributed by atoms with Gasteiger partial charge in [0.1, 0.15) is 0 Å². The summed E-state index contributed by atoms with van der Waals surface area (Å²) in [5.41, 5.74) is 2.92. The van der Waals surface area contributed by atoms with E-state index in [4.69, 9.17) is 0 Å². The van der Waals surface area contributed by atoms with Crippen LogP contribution in [0, 0.1) is 0 Å². The third kappa shape index (κ3) is 4.58. The smallest absolute Gasteiger partial charge is 0.221 e. The topological polar surface area (TPSA) is 29.1 Å². The summed E-state index contributed by atoms with van der Waals surface area (Å²) in [6.45, 7) is 1.51. The van der Waals surface area contributed by atoms with Crippen molar-refractivity contribution < 1.29 is 4.79 Å². The fraction of sp³-hybridized carbons (Fsp3) is 0.0556. The van der Waals surface area contributed by atoms with Crippen LogP contribution in [0.1, 0.15) is 18.1 Å². The minimum atomic E-state index is -0.0788. The standard InChI is InChI=1S/C18H17NO/c1-15(20)19-18(14-17-10-6-3-7-11-17)13-12-16-8-4-2-5-9-16/h2-14H,1H3,(H,19,20). The minimum Gasteiger partial charge on any atom is -0.326 e. The quantitative estimate of drug-likeness (QED) is 0.833. The number of amides is 1. The van der Waals surface area contributed by atoms with Crippen molar-refractivity contribution in [3.05, 3.63) is 83.6 Å². The number of carbonyl (C=O) groups is 1. The van der Waals surface area contributed by atoms with Gasteiger partial charge in [0.15, 0.2) is 0 Å². The molecule has 0 aliphatic carbocycles. The van der Waals surface area contributed by atoms with Crippen LogP contribution in [0.4, 0.5) is 0 Å². The predicted octanol–water partition coefficient (Wildman–Crippen LogP) is 3.88. The summed E-state index contributed by atoms with van der Waals surface area (Å²) in [7, 11) is 0. The molecule has 0 aliphatic rings. The van der Waals surface area contributed by atoms with E-state index in [0.717, 1.165) is 16.8 Å². The number of allylic oxidation sites excluding steroid dienone is 1. The summed E-state index contributed by atoms with van der Waals surface area (Å²) in [5, 5.41) is 2.83. The second-order valence-corrected chi connectivity index (χ2v) is 4.44. The molecule has 0 spiro atoms. The van der Waals surface area contributed by atoms with Gasteiger partial charge in [-0.2, -0.15) is 0 Å². The Bertz CT molecular complexity index is 612. The van der Waals surface area contributed by atoms with E-state index in [2.05, 4.69) is 5.32 Å². The second kappa shape index (κ2) is 7.10. The highest BCUT2D eigenvalue weighted by molar-refractivity contribution is 5.78. The summed E-state index contributed by atoms with van der Waals surface area (Å²) in [5.74, 6) is -0.0788. The minimum absolute atomic E-state index is 0.0788. The number of nitrogens with one attached hydrogen (secondary N) is 1. The van der Waals surface area contributed by atoms with Gasteiger partial charge in [-0.15, -0.1) is 0 Å². The van der Waals surface area contributed by atoms with E-state index < -0.39 is 0 Å². The zero-order valence-corrected chi connectivity index (χ0v) is 11.4. The van der Waals surface area contributed by atoms with Crippen LogP contribution in [0.2, 0.25) is 0 Å². The lowest BCUT2D eigenvalue weighted by atomic mass is 10.1. The predicted molar refractivity (Wildman–Crippen MR) is 83.7 cm³/mol. The molecule has 0 heterocycles. The highest BCUT2D eigenvalue weighted by Crippen LogP contribution is 2.08. The maximum absolute atomic E-state index is 11.3. The molecule has 0 aliphatic heterocycles. The van der Waals surface area contributed by atoms with Gasteiger partial charge in [0, 0.05) is 12.6 Å². The molecule has 20 heavy (non-hydrogen) atoms. The average molecular weight is 263 g/mol. The van der Waals surface area contributed by atoms with Crippen molar-refractivity contribution in [2.75, 3.05) is 0 Å². The molecule has 2 nitrogen and oxygen atoms in total. The van der Waals surface area contributed by atoms with Gasteiger partial charge in [-0.1, -0.05) is 66.7 Å². The summed E-state index contributed by atoms with van der Waals surface area (Å²) in [6.07, 6.45) is 5.83. The van der Waals surface area contributed by atoms with Gasteiger partial charge in [0.25, 0.3) is 0 Å². The van der Waals surface area contributed by atoms with Gasteiger partial charge < -0.3 is 5.32 Å². The molecule has 0 radical (unpaired) electrons. The molecule has 2 heteroatoms. The number of benzene rings is 2. The summed E-state index contributed by atoms with van der Waals surface area (Å²) in [4.78, 5) is 11.3. The first-order chi connectivity index (χ1) is 9.74. The van der Waals surface area contributed by atoms with Gasteiger partial charge in [-0.05, 0) is 23.3 Å². The van der Waals surface area contributed by atoms with Gasteiger partial charge >= 0.3 is 0 Å². The molecule has 2 aromatic rings. The molecule has 2 rings (SSSR count). The number of hydrogen-bond donors (Lipinski definition) is 1. The number of hydrogen-bond acceptors (Lipinski definition) is 1. The van der Waals surface area contributed by atoms with Gasteiger partial charge in [-0.3, -0.25) is 4.79 Å². The molecular weight excluding hydrogens is 246 g/mol. The van der Waals surface area contributed by atoms with Crippen LogP contribution >= 0.6 is 0 Å². The van der Waals surface area contributed by atoms with Crippen molar-refractivity contribution in [2.24, 2.45) is 0 Å². The van der Waals surface area contributed by atoms with Crippen molar-refractivity contribution in [1.82, 2.24) is 5.32 Å². The van der Waals surface area contributed by atoms with Crippen LogP contribution in [-0.2, 0) is 4.79 Å². The zero-order valence-electron chi connectivity index (χ0n) is 11.4. The molecule has 0 aromatic heterocycles. The number of rotatable bonds is 4. The maximum atomic E-state index is 11.3. The average Bonchev–Trinajstić information content (AvgIpc) is 2.46. The molecule has 100 valence electrons. The number of carbonyl (C=O) groups excluding carboxylic acids is 1. The molecule has 1 N–H and O–H groups in total. The van der Waals surface area contributed by atoms with Crippen LogP contribution in [0.25, 0.3) is 12.2 Å². The first-order valence-electron chi connectivity index (χ1n) is 6.51. The first-order valence-corrected chi connectivity index (χ1v) is 6.51. The van der Waals surface area contributed by atoms with Crippen LogP contribution in [-0.4, -0.2) is 5.91 Å². The highest BCUT2D eigenvalue weighted by atomic mass is 16.1. The third-order valence-corrected chi connectivity index (χ3v) is 2.70. The molecule has 2 aromatic carbocycles. The van der Waals surface area contributed by atoms with Crippen molar-refractivity contribution in [2.45, 2.75) is 6.92 Å². The molecular formula is C18H17NO. The zero-order chi connectivity index (χ0) is 14.2. The Labute approximate surface area is 119 Å². The molecule has 0 bridgehead atoms. The SMILES string of the molecule is CC(=O)NC(C=Cc1ccccc1)=Cc1ccccc1. The van der Waals surface area contributed by atoms with Crippen LogP contribution < -0.4 is 5.32 Å². The summed E-state index contributed by atoms with van der Waals surface area (Å²) < 4.78 is 0. The lowest BCUT2D eigenvalue weighted by Gasteiger charge is -2.03. The lowest BCUT2D eigenvalue weighted by Crippen LogP contribution is -2.17. The largest absolute Gasteiger partial charge is 0.326 e. The van der Waals surface area contributed by atoms with Crippen LogP contribution in [0.15, 0.2) is 72.4 Å². The lowest BCUT2D eigenvalue weighted by molar-refractivity contribution is -0.118. The van der Waals surface area contributed by atoms with Crippen LogP contribution in [0.3, 0.4) is 0 Å². The Balaban J connectivity index is 2.22. The molecule has 0 saturated heterocycles. The van der Waals surface area contributed by atoms with E-state index >= 15 is 0 Å². The summed E-state index contributed by atoms with van der Waals surface area (Å²) in [6, 6.07) is 19.9. The van der Waals surface area contributed by atoms with Gasteiger partial charge in [-0.25, -0.2) is 0 Å². The van der Waals surface area contributed by atoms with Crippen molar-refractivity contribution in [1.29, 1.82) is 0 Å². The third-order valence-electron chi connectivity index (χ3n) is 2.70. The first kappa shape index (κ1) is 13.8.